The Hall–Kier alpha value is -1.98. The SMILES string of the molecule is CC[C@@H](C)NC(=O)[C@H](CC)N(Cc1cccc(C)c1)C(=O)CSCc1ccccc1Cl. The molecule has 6 heteroatoms. The van der Waals surface area contributed by atoms with Crippen molar-refractivity contribution in [2.45, 2.75) is 64.9 Å². The van der Waals surface area contributed by atoms with Gasteiger partial charge in [0, 0.05) is 23.4 Å². The molecule has 0 aliphatic rings. The second kappa shape index (κ2) is 12.8. The van der Waals surface area contributed by atoms with Gasteiger partial charge in [0.05, 0.1) is 5.75 Å². The first-order valence-electron chi connectivity index (χ1n) is 10.8. The minimum atomic E-state index is -0.497. The summed E-state index contributed by atoms with van der Waals surface area (Å²) in [4.78, 5) is 27.9. The lowest BCUT2D eigenvalue weighted by atomic mass is 10.1. The highest BCUT2D eigenvalue weighted by Crippen LogP contribution is 2.22. The molecule has 0 aliphatic heterocycles. The molecule has 0 saturated heterocycles. The summed E-state index contributed by atoms with van der Waals surface area (Å²) in [5.41, 5.74) is 3.17. The summed E-state index contributed by atoms with van der Waals surface area (Å²) in [5, 5.41) is 3.75. The average Bonchev–Trinajstić information content (AvgIpc) is 2.74. The molecule has 0 aliphatic carbocycles. The number of halogens is 1. The normalized spacial score (nSPS) is 12.8. The van der Waals surface area contributed by atoms with E-state index in [9.17, 15) is 9.59 Å². The van der Waals surface area contributed by atoms with E-state index in [4.69, 9.17) is 11.6 Å². The van der Waals surface area contributed by atoms with E-state index in [0.717, 1.165) is 23.1 Å². The molecule has 0 aromatic heterocycles. The average molecular weight is 461 g/mol. The van der Waals surface area contributed by atoms with Crippen molar-refractivity contribution in [3.05, 3.63) is 70.2 Å². The van der Waals surface area contributed by atoms with E-state index in [1.807, 2.05) is 70.2 Å². The largest absolute Gasteiger partial charge is 0.352 e. The number of carbonyl (C=O) groups excluding carboxylic acids is 2. The number of rotatable bonds is 11. The van der Waals surface area contributed by atoms with Crippen molar-refractivity contribution in [2.24, 2.45) is 0 Å². The van der Waals surface area contributed by atoms with Gasteiger partial charge >= 0.3 is 0 Å². The molecule has 2 rings (SSSR count). The molecule has 2 aromatic rings. The van der Waals surface area contributed by atoms with Crippen molar-refractivity contribution < 1.29 is 9.59 Å². The van der Waals surface area contributed by atoms with Gasteiger partial charge in [-0.25, -0.2) is 0 Å². The van der Waals surface area contributed by atoms with Crippen LogP contribution < -0.4 is 5.32 Å². The third kappa shape index (κ3) is 7.89. The fraction of sp³-hybridized carbons (Fsp3) is 0.440. The summed E-state index contributed by atoms with van der Waals surface area (Å²) in [6, 6.07) is 15.3. The van der Waals surface area contributed by atoms with Crippen LogP contribution in [-0.2, 0) is 21.9 Å². The Balaban J connectivity index is 2.15. The summed E-state index contributed by atoms with van der Waals surface area (Å²) >= 11 is 7.76. The molecular weight excluding hydrogens is 428 g/mol. The maximum absolute atomic E-state index is 13.3. The summed E-state index contributed by atoms with van der Waals surface area (Å²) in [5.74, 6) is 0.822. The molecule has 0 spiro atoms. The second-order valence-corrected chi connectivity index (χ2v) is 9.23. The highest BCUT2D eigenvalue weighted by molar-refractivity contribution is 7.99. The first-order chi connectivity index (χ1) is 14.8. The lowest BCUT2D eigenvalue weighted by Gasteiger charge is -2.31. The summed E-state index contributed by atoms with van der Waals surface area (Å²) in [7, 11) is 0. The summed E-state index contributed by atoms with van der Waals surface area (Å²) in [6.07, 6.45) is 1.41. The van der Waals surface area contributed by atoms with Gasteiger partial charge < -0.3 is 10.2 Å². The van der Waals surface area contributed by atoms with Crippen LogP contribution in [0.1, 0.15) is 50.3 Å². The quantitative estimate of drug-likeness (QED) is 0.474. The van der Waals surface area contributed by atoms with Crippen LogP contribution in [0.5, 0.6) is 0 Å². The predicted molar refractivity (Wildman–Crippen MR) is 131 cm³/mol. The zero-order valence-corrected chi connectivity index (χ0v) is 20.4. The van der Waals surface area contributed by atoms with Crippen LogP contribution in [0.15, 0.2) is 48.5 Å². The maximum Gasteiger partial charge on any atom is 0.243 e. The fourth-order valence-corrected chi connectivity index (χ4v) is 4.51. The molecule has 4 nitrogen and oxygen atoms in total. The van der Waals surface area contributed by atoms with Crippen molar-refractivity contribution in [3.63, 3.8) is 0 Å². The Bertz CT molecular complexity index is 874. The van der Waals surface area contributed by atoms with E-state index >= 15 is 0 Å². The molecule has 0 bridgehead atoms. The Labute approximate surface area is 195 Å². The molecular formula is C25H33ClN2O2S. The van der Waals surface area contributed by atoms with E-state index < -0.39 is 6.04 Å². The van der Waals surface area contributed by atoms with Gasteiger partial charge in [0.2, 0.25) is 11.8 Å². The molecule has 2 atom stereocenters. The van der Waals surface area contributed by atoms with E-state index in [1.165, 1.54) is 11.8 Å². The van der Waals surface area contributed by atoms with Gasteiger partial charge in [-0.15, -0.1) is 11.8 Å². The highest BCUT2D eigenvalue weighted by atomic mass is 35.5. The van der Waals surface area contributed by atoms with Crippen LogP contribution in [0.3, 0.4) is 0 Å². The monoisotopic (exact) mass is 460 g/mol. The first-order valence-corrected chi connectivity index (χ1v) is 12.4. The zero-order chi connectivity index (χ0) is 22.8. The van der Waals surface area contributed by atoms with Crippen LogP contribution in [0.4, 0.5) is 0 Å². The number of thioether (sulfide) groups is 1. The summed E-state index contributed by atoms with van der Waals surface area (Å²) < 4.78 is 0. The van der Waals surface area contributed by atoms with Gasteiger partial charge in [0.15, 0.2) is 0 Å². The zero-order valence-electron chi connectivity index (χ0n) is 18.9. The van der Waals surface area contributed by atoms with Crippen LogP contribution >= 0.6 is 23.4 Å². The lowest BCUT2D eigenvalue weighted by Crippen LogP contribution is -2.51. The van der Waals surface area contributed by atoms with Gasteiger partial charge in [-0.05, 0) is 43.9 Å². The van der Waals surface area contributed by atoms with Gasteiger partial charge in [-0.3, -0.25) is 9.59 Å². The van der Waals surface area contributed by atoms with Crippen LogP contribution in [0.25, 0.3) is 0 Å². The molecule has 31 heavy (non-hydrogen) atoms. The topological polar surface area (TPSA) is 49.4 Å². The summed E-state index contributed by atoms with van der Waals surface area (Å²) in [6.45, 7) is 8.42. The molecule has 1 N–H and O–H groups in total. The molecule has 0 heterocycles. The number of amides is 2. The predicted octanol–water partition coefficient (Wildman–Crippen LogP) is 5.60. The molecule has 0 saturated carbocycles. The third-order valence-corrected chi connectivity index (χ3v) is 6.60. The molecule has 2 aromatic carbocycles. The van der Waals surface area contributed by atoms with E-state index in [0.29, 0.717) is 29.5 Å². The highest BCUT2D eigenvalue weighted by Gasteiger charge is 2.29. The van der Waals surface area contributed by atoms with Gasteiger partial charge in [-0.1, -0.05) is 73.5 Å². The van der Waals surface area contributed by atoms with Gasteiger partial charge in [0.25, 0.3) is 0 Å². The van der Waals surface area contributed by atoms with E-state index in [1.54, 1.807) is 4.90 Å². The Morgan fingerprint density at radius 1 is 1.10 bits per heavy atom. The smallest absolute Gasteiger partial charge is 0.243 e. The van der Waals surface area contributed by atoms with Crippen molar-refractivity contribution in [1.82, 2.24) is 10.2 Å². The van der Waals surface area contributed by atoms with E-state index in [2.05, 4.69) is 11.4 Å². The standard InChI is InChI=1S/C25H33ClN2O2S/c1-5-19(4)27-25(30)23(6-2)28(15-20-11-9-10-18(3)14-20)24(29)17-31-16-21-12-7-8-13-22(21)26/h7-14,19,23H,5-6,15-17H2,1-4H3,(H,27,30)/t19-,23+/m1/s1. The number of nitrogens with zero attached hydrogens (tertiary/aromatic N) is 1. The van der Waals surface area contributed by atoms with E-state index in [-0.39, 0.29) is 17.9 Å². The number of nitrogens with one attached hydrogen (secondary N) is 1. The van der Waals surface area contributed by atoms with Gasteiger partial charge in [-0.2, -0.15) is 0 Å². The first kappa shape index (κ1) is 25.3. The molecule has 168 valence electrons. The Kier molecular flexibility index (Phi) is 10.4. The number of carbonyl (C=O) groups is 2. The lowest BCUT2D eigenvalue weighted by molar-refractivity contribution is -0.139. The minimum absolute atomic E-state index is 0.0373. The minimum Gasteiger partial charge on any atom is -0.352 e. The number of hydrogen-bond acceptors (Lipinski definition) is 3. The number of benzene rings is 2. The van der Waals surface area contributed by atoms with Crippen molar-refractivity contribution in [2.75, 3.05) is 5.75 Å². The maximum atomic E-state index is 13.3. The number of hydrogen-bond donors (Lipinski definition) is 1. The van der Waals surface area contributed by atoms with Crippen molar-refractivity contribution in [1.29, 1.82) is 0 Å². The van der Waals surface area contributed by atoms with Crippen molar-refractivity contribution >= 4 is 35.2 Å². The molecule has 0 radical (unpaired) electrons. The van der Waals surface area contributed by atoms with Crippen LogP contribution in [0.2, 0.25) is 5.02 Å². The van der Waals surface area contributed by atoms with Gasteiger partial charge in [0.1, 0.15) is 6.04 Å². The fourth-order valence-electron chi connectivity index (χ4n) is 3.31. The third-order valence-electron chi connectivity index (χ3n) is 5.26. The second-order valence-electron chi connectivity index (χ2n) is 7.84. The van der Waals surface area contributed by atoms with Crippen LogP contribution in [0, 0.1) is 6.92 Å². The van der Waals surface area contributed by atoms with Crippen molar-refractivity contribution in [3.8, 4) is 0 Å². The Morgan fingerprint density at radius 3 is 2.48 bits per heavy atom. The number of aryl methyl sites for hydroxylation is 1. The molecule has 2 amide bonds. The molecule has 0 fully saturated rings. The van der Waals surface area contributed by atoms with Crippen LogP contribution in [-0.4, -0.2) is 34.6 Å². The molecule has 0 unspecified atom stereocenters. The Morgan fingerprint density at radius 2 is 1.84 bits per heavy atom.